The number of anilines is 2. The van der Waals surface area contributed by atoms with Gasteiger partial charge < -0.3 is 15.4 Å². The number of methoxy groups -OCH3 is 1. The molecular weight excluding hydrogens is 338 g/mol. The number of rotatable bonds is 8. The van der Waals surface area contributed by atoms with Gasteiger partial charge in [0.2, 0.25) is 5.95 Å². The lowest BCUT2D eigenvalue weighted by Gasteiger charge is -2.15. The highest BCUT2D eigenvalue weighted by molar-refractivity contribution is 5.64. The third-order valence-electron chi connectivity index (χ3n) is 4.30. The molecule has 27 heavy (non-hydrogen) atoms. The first-order valence-electron chi connectivity index (χ1n) is 9.10. The Balaban J connectivity index is 1.85. The van der Waals surface area contributed by atoms with Crippen LogP contribution in [0.1, 0.15) is 25.8 Å². The highest BCUT2D eigenvalue weighted by Crippen LogP contribution is 2.22. The van der Waals surface area contributed by atoms with Crippen molar-refractivity contribution in [3.63, 3.8) is 0 Å². The van der Waals surface area contributed by atoms with Crippen molar-refractivity contribution in [2.24, 2.45) is 0 Å². The predicted molar refractivity (Wildman–Crippen MR) is 109 cm³/mol. The molecule has 140 valence electrons. The summed E-state index contributed by atoms with van der Waals surface area (Å²) in [6.45, 7) is 4.89. The first-order chi connectivity index (χ1) is 13.2. The largest absolute Gasteiger partial charge is 0.497 e. The molecule has 6 heteroatoms. The molecule has 1 aromatic carbocycles. The molecule has 0 aliphatic heterocycles. The summed E-state index contributed by atoms with van der Waals surface area (Å²) in [4.78, 5) is 13.4. The number of benzene rings is 1. The summed E-state index contributed by atoms with van der Waals surface area (Å²) in [7, 11) is 1.67. The average molecular weight is 363 g/mol. The Bertz CT molecular complexity index is 869. The SMILES string of the molecule is CC[C@H](C)Nc1nc(NCc2cccc(OC)c2)cc(-c2ccncc2)n1. The van der Waals surface area contributed by atoms with E-state index in [2.05, 4.69) is 45.5 Å². The molecule has 0 saturated carbocycles. The fourth-order valence-corrected chi connectivity index (χ4v) is 2.57. The van der Waals surface area contributed by atoms with Crippen LogP contribution in [0.5, 0.6) is 5.75 Å². The van der Waals surface area contributed by atoms with E-state index < -0.39 is 0 Å². The van der Waals surface area contributed by atoms with Crippen molar-refractivity contribution in [3.05, 3.63) is 60.4 Å². The minimum atomic E-state index is 0.295. The van der Waals surface area contributed by atoms with E-state index in [1.165, 1.54) is 0 Å². The zero-order valence-electron chi connectivity index (χ0n) is 15.9. The molecule has 2 heterocycles. The van der Waals surface area contributed by atoms with Gasteiger partial charge in [-0.15, -0.1) is 0 Å². The van der Waals surface area contributed by atoms with E-state index in [1.54, 1.807) is 19.5 Å². The lowest BCUT2D eigenvalue weighted by molar-refractivity contribution is 0.414. The van der Waals surface area contributed by atoms with Crippen molar-refractivity contribution in [2.75, 3.05) is 17.7 Å². The molecule has 6 nitrogen and oxygen atoms in total. The van der Waals surface area contributed by atoms with Crippen molar-refractivity contribution in [1.29, 1.82) is 0 Å². The topological polar surface area (TPSA) is 72.0 Å². The van der Waals surface area contributed by atoms with E-state index in [9.17, 15) is 0 Å². The summed E-state index contributed by atoms with van der Waals surface area (Å²) in [5.41, 5.74) is 2.98. The Morgan fingerprint density at radius 3 is 2.63 bits per heavy atom. The van der Waals surface area contributed by atoms with Crippen LogP contribution < -0.4 is 15.4 Å². The number of aromatic nitrogens is 3. The lowest BCUT2D eigenvalue weighted by Crippen LogP contribution is -2.16. The molecule has 0 unspecified atom stereocenters. The Morgan fingerprint density at radius 1 is 1.07 bits per heavy atom. The number of hydrogen-bond donors (Lipinski definition) is 2. The van der Waals surface area contributed by atoms with E-state index in [1.807, 2.05) is 36.4 Å². The number of pyridine rings is 1. The van der Waals surface area contributed by atoms with Crippen molar-refractivity contribution in [2.45, 2.75) is 32.9 Å². The first-order valence-corrected chi connectivity index (χ1v) is 9.10. The van der Waals surface area contributed by atoms with Gasteiger partial charge in [0.15, 0.2) is 0 Å². The molecule has 0 radical (unpaired) electrons. The third kappa shape index (κ3) is 5.17. The molecule has 3 aromatic rings. The van der Waals surface area contributed by atoms with Crippen molar-refractivity contribution >= 4 is 11.8 Å². The second-order valence-electron chi connectivity index (χ2n) is 6.36. The van der Waals surface area contributed by atoms with Crippen LogP contribution in [0, 0.1) is 0 Å². The van der Waals surface area contributed by atoms with Gasteiger partial charge in [0.25, 0.3) is 0 Å². The quantitative estimate of drug-likeness (QED) is 0.619. The maximum atomic E-state index is 5.29. The van der Waals surface area contributed by atoms with Crippen LogP contribution in [-0.4, -0.2) is 28.1 Å². The molecule has 0 spiro atoms. The molecule has 0 fully saturated rings. The smallest absolute Gasteiger partial charge is 0.225 e. The second-order valence-corrected chi connectivity index (χ2v) is 6.36. The predicted octanol–water partition coefficient (Wildman–Crippen LogP) is 4.37. The zero-order chi connectivity index (χ0) is 19.1. The standard InChI is InChI=1S/C21H25N5O/c1-4-15(2)24-21-25-19(17-8-10-22-11-9-17)13-20(26-21)23-14-16-6-5-7-18(12-16)27-3/h5-13,15H,4,14H2,1-3H3,(H2,23,24,25,26)/t15-/m0/s1. The Morgan fingerprint density at radius 2 is 1.89 bits per heavy atom. The van der Waals surface area contributed by atoms with Gasteiger partial charge in [-0.2, -0.15) is 4.98 Å². The lowest BCUT2D eigenvalue weighted by atomic mass is 10.2. The van der Waals surface area contributed by atoms with E-state index in [-0.39, 0.29) is 0 Å². The van der Waals surface area contributed by atoms with Crippen molar-refractivity contribution in [1.82, 2.24) is 15.0 Å². The van der Waals surface area contributed by atoms with Crippen molar-refractivity contribution < 1.29 is 4.74 Å². The van der Waals surface area contributed by atoms with Crippen LogP contribution in [0.2, 0.25) is 0 Å². The van der Waals surface area contributed by atoms with Gasteiger partial charge in [0, 0.05) is 36.6 Å². The van der Waals surface area contributed by atoms with Gasteiger partial charge in [-0.25, -0.2) is 4.98 Å². The Hall–Kier alpha value is -3.15. The maximum absolute atomic E-state index is 5.29. The van der Waals surface area contributed by atoms with Crippen LogP contribution in [0.4, 0.5) is 11.8 Å². The van der Waals surface area contributed by atoms with E-state index in [0.717, 1.165) is 34.8 Å². The molecular formula is C21H25N5O. The van der Waals surface area contributed by atoms with E-state index in [4.69, 9.17) is 4.74 Å². The van der Waals surface area contributed by atoms with Crippen LogP contribution in [0.3, 0.4) is 0 Å². The summed E-state index contributed by atoms with van der Waals surface area (Å²) in [6.07, 6.45) is 4.53. The van der Waals surface area contributed by atoms with Crippen LogP contribution in [0.25, 0.3) is 11.3 Å². The average Bonchev–Trinajstić information content (AvgIpc) is 2.72. The van der Waals surface area contributed by atoms with Gasteiger partial charge in [-0.1, -0.05) is 19.1 Å². The zero-order valence-corrected chi connectivity index (χ0v) is 15.9. The maximum Gasteiger partial charge on any atom is 0.225 e. The van der Waals surface area contributed by atoms with Crippen LogP contribution in [-0.2, 0) is 6.54 Å². The fraction of sp³-hybridized carbons (Fsp3) is 0.286. The molecule has 0 saturated heterocycles. The molecule has 0 amide bonds. The number of hydrogen-bond acceptors (Lipinski definition) is 6. The third-order valence-corrected chi connectivity index (χ3v) is 4.30. The van der Waals surface area contributed by atoms with E-state index in [0.29, 0.717) is 18.5 Å². The normalized spacial score (nSPS) is 11.7. The van der Waals surface area contributed by atoms with Crippen molar-refractivity contribution in [3.8, 4) is 17.0 Å². The number of ether oxygens (including phenoxy) is 1. The van der Waals surface area contributed by atoms with Gasteiger partial charge >= 0.3 is 0 Å². The molecule has 0 aliphatic rings. The molecule has 0 bridgehead atoms. The summed E-state index contributed by atoms with van der Waals surface area (Å²) in [5, 5.41) is 6.75. The highest BCUT2D eigenvalue weighted by Gasteiger charge is 2.09. The monoisotopic (exact) mass is 363 g/mol. The van der Waals surface area contributed by atoms with Gasteiger partial charge in [0.1, 0.15) is 11.6 Å². The summed E-state index contributed by atoms with van der Waals surface area (Å²) < 4.78 is 5.29. The molecule has 1 atom stereocenters. The summed E-state index contributed by atoms with van der Waals surface area (Å²) >= 11 is 0. The van der Waals surface area contributed by atoms with Crippen LogP contribution in [0.15, 0.2) is 54.9 Å². The molecule has 2 N–H and O–H groups in total. The summed E-state index contributed by atoms with van der Waals surface area (Å²) in [5.74, 6) is 2.23. The van der Waals surface area contributed by atoms with E-state index >= 15 is 0 Å². The number of nitrogens with one attached hydrogen (secondary N) is 2. The minimum Gasteiger partial charge on any atom is -0.497 e. The fourth-order valence-electron chi connectivity index (χ4n) is 2.57. The van der Waals surface area contributed by atoms with Gasteiger partial charge in [0.05, 0.1) is 12.8 Å². The summed E-state index contributed by atoms with van der Waals surface area (Å²) in [6, 6.07) is 14.1. The first kappa shape index (κ1) is 18.6. The van der Waals surface area contributed by atoms with Gasteiger partial charge in [-0.05, 0) is 43.2 Å². The highest BCUT2D eigenvalue weighted by atomic mass is 16.5. The number of nitrogens with zero attached hydrogens (tertiary/aromatic N) is 3. The second kappa shape index (κ2) is 8.98. The van der Waals surface area contributed by atoms with Crippen LogP contribution >= 0.6 is 0 Å². The van der Waals surface area contributed by atoms with Gasteiger partial charge in [-0.3, -0.25) is 4.98 Å². The molecule has 0 aliphatic carbocycles. The Kier molecular flexibility index (Phi) is 6.20. The Labute approximate surface area is 160 Å². The minimum absolute atomic E-state index is 0.295. The molecule has 2 aromatic heterocycles. The molecule has 3 rings (SSSR count).